The van der Waals surface area contributed by atoms with Crippen LogP contribution >= 0.6 is 0 Å². The lowest BCUT2D eigenvalue weighted by atomic mass is 10.1. The average Bonchev–Trinajstić information content (AvgIpc) is 2.28. The van der Waals surface area contributed by atoms with Gasteiger partial charge in [0.15, 0.2) is 9.84 Å². The van der Waals surface area contributed by atoms with Gasteiger partial charge in [-0.25, -0.2) is 8.42 Å². The Morgan fingerprint density at radius 2 is 1.58 bits per heavy atom. The van der Waals surface area contributed by atoms with Gasteiger partial charge in [0.25, 0.3) is 0 Å². The molecule has 2 nitrogen and oxygen atoms in total. The monoisotopic (exact) mass is 282 g/mol. The highest BCUT2D eigenvalue weighted by molar-refractivity contribution is 7.94. The van der Waals surface area contributed by atoms with Gasteiger partial charge in [0.2, 0.25) is 0 Å². The largest absolute Gasteiger partial charge is 0.224 e. The summed E-state index contributed by atoms with van der Waals surface area (Å²) >= 11 is 0. The summed E-state index contributed by atoms with van der Waals surface area (Å²) in [6.07, 6.45) is 7.88. The first-order valence-corrected chi connectivity index (χ1v) is 8.13. The Bertz CT molecular complexity index is 497. The summed E-state index contributed by atoms with van der Waals surface area (Å²) in [7, 11) is -3.28. The van der Waals surface area contributed by atoms with E-state index in [1.807, 2.05) is 27.7 Å². The molecule has 0 atom stereocenters. The SMILES string of the molecule is C=C/C=C\C(C(=C)C)=C(\C=C(C)C)S(C)(=O)=O.CC. The summed E-state index contributed by atoms with van der Waals surface area (Å²) in [6, 6.07) is 0. The third kappa shape index (κ3) is 8.38. The van der Waals surface area contributed by atoms with E-state index in [9.17, 15) is 8.42 Å². The first kappa shape index (κ1) is 20.0. The summed E-state index contributed by atoms with van der Waals surface area (Å²) in [6.45, 7) is 16.9. The Labute approximate surface area is 118 Å². The molecule has 0 aliphatic carbocycles. The minimum atomic E-state index is -3.28. The molecule has 0 fully saturated rings. The summed E-state index contributed by atoms with van der Waals surface area (Å²) in [5.74, 6) is 0. The predicted octanol–water partition coefficient (Wildman–Crippen LogP) is 4.60. The van der Waals surface area contributed by atoms with E-state index in [2.05, 4.69) is 13.2 Å². The minimum Gasteiger partial charge on any atom is -0.224 e. The highest BCUT2D eigenvalue weighted by Crippen LogP contribution is 2.21. The molecule has 0 radical (unpaired) electrons. The zero-order valence-electron chi connectivity index (χ0n) is 12.9. The molecule has 0 aromatic rings. The lowest BCUT2D eigenvalue weighted by Crippen LogP contribution is -2.03. The van der Waals surface area contributed by atoms with Gasteiger partial charge in [-0.2, -0.15) is 0 Å². The van der Waals surface area contributed by atoms with Gasteiger partial charge in [-0.15, -0.1) is 0 Å². The lowest BCUT2D eigenvalue weighted by Gasteiger charge is -2.08. The lowest BCUT2D eigenvalue weighted by molar-refractivity contribution is 0.608. The van der Waals surface area contributed by atoms with Gasteiger partial charge in [-0.3, -0.25) is 0 Å². The molecule has 0 unspecified atom stereocenters. The smallest absolute Gasteiger partial charge is 0.176 e. The maximum Gasteiger partial charge on any atom is 0.176 e. The molecule has 0 heterocycles. The van der Waals surface area contributed by atoms with Crippen molar-refractivity contribution in [1.29, 1.82) is 0 Å². The second kappa shape index (κ2) is 9.56. The number of allylic oxidation sites excluding steroid dienone is 7. The fraction of sp³-hybridized carbons (Fsp3) is 0.375. The Morgan fingerprint density at radius 3 is 1.84 bits per heavy atom. The second-order valence-corrected chi connectivity index (χ2v) is 6.13. The normalized spacial score (nSPS) is 12.1. The predicted molar refractivity (Wildman–Crippen MR) is 86.8 cm³/mol. The zero-order chi connectivity index (χ0) is 15.6. The summed E-state index contributed by atoms with van der Waals surface area (Å²) < 4.78 is 23.5. The summed E-state index contributed by atoms with van der Waals surface area (Å²) in [5, 5.41) is 0. The Morgan fingerprint density at radius 1 is 1.11 bits per heavy atom. The third-order valence-corrected chi connectivity index (χ3v) is 3.08. The Hall–Kier alpha value is -1.35. The molecule has 0 N–H and O–H groups in total. The Kier molecular flexibility index (Phi) is 10.1. The molecule has 0 aromatic carbocycles. The standard InChI is InChI=1S/C14H20O2S.C2H6/c1-7-8-9-13(12(4)5)14(10-11(2)3)17(6,15)16;1-2/h7-10H,1,4H2,2-3,5-6H3;1-2H3/b9-8-,14-13+;. The molecule has 108 valence electrons. The van der Waals surface area contributed by atoms with Gasteiger partial charge in [-0.1, -0.05) is 50.8 Å². The van der Waals surface area contributed by atoms with E-state index in [4.69, 9.17) is 0 Å². The minimum absolute atomic E-state index is 0.295. The highest BCUT2D eigenvalue weighted by Gasteiger charge is 2.14. The molecule has 0 saturated carbocycles. The molecule has 19 heavy (non-hydrogen) atoms. The van der Waals surface area contributed by atoms with Crippen LogP contribution in [0, 0.1) is 0 Å². The number of hydrogen-bond donors (Lipinski definition) is 0. The van der Waals surface area contributed by atoms with E-state index < -0.39 is 9.84 Å². The average molecular weight is 282 g/mol. The molecule has 0 aliphatic heterocycles. The van der Waals surface area contributed by atoms with E-state index in [0.29, 0.717) is 16.1 Å². The quantitative estimate of drug-likeness (QED) is 0.691. The van der Waals surface area contributed by atoms with Gasteiger partial charge in [0.1, 0.15) is 0 Å². The van der Waals surface area contributed by atoms with Crippen molar-refractivity contribution in [3.63, 3.8) is 0 Å². The summed E-state index contributed by atoms with van der Waals surface area (Å²) in [4.78, 5) is 0.295. The van der Waals surface area contributed by atoms with Crippen molar-refractivity contribution in [2.75, 3.05) is 6.26 Å². The molecule has 0 bridgehead atoms. The Balaban J connectivity index is 0. The fourth-order valence-electron chi connectivity index (χ4n) is 1.25. The molecule has 0 saturated heterocycles. The van der Waals surface area contributed by atoms with Crippen molar-refractivity contribution in [1.82, 2.24) is 0 Å². The number of rotatable bonds is 5. The van der Waals surface area contributed by atoms with Gasteiger partial charge in [0.05, 0.1) is 4.91 Å². The van der Waals surface area contributed by atoms with Gasteiger partial charge >= 0.3 is 0 Å². The maximum absolute atomic E-state index is 11.8. The second-order valence-electron chi connectivity index (χ2n) is 4.15. The van der Waals surface area contributed by atoms with Crippen molar-refractivity contribution in [2.45, 2.75) is 34.6 Å². The molecule has 0 spiro atoms. The number of hydrogen-bond acceptors (Lipinski definition) is 2. The van der Waals surface area contributed by atoms with Crippen LogP contribution in [0.1, 0.15) is 34.6 Å². The van der Waals surface area contributed by atoms with E-state index in [-0.39, 0.29) is 0 Å². The van der Waals surface area contributed by atoms with Crippen LogP contribution in [0.25, 0.3) is 0 Å². The topological polar surface area (TPSA) is 34.1 Å². The van der Waals surface area contributed by atoms with E-state index in [0.717, 1.165) is 5.57 Å². The van der Waals surface area contributed by atoms with E-state index in [1.54, 1.807) is 31.2 Å². The van der Waals surface area contributed by atoms with Crippen molar-refractivity contribution < 1.29 is 8.42 Å². The highest BCUT2D eigenvalue weighted by atomic mass is 32.2. The molecule has 0 aromatic heterocycles. The molecule has 0 rings (SSSR count). The van der Waals surface area contributed by atoms with Gasteiger partial charge in [-0.05, 0) is 38.0 Å². The fourth-order valence-corrected chi connectivity index (χ4v) is 2.34. The van der Waals surface area contributed by atoms with Gasteiger partial charge in [0, 0.05) is 6.26 Å². The van der Waals surface area contributed by atoms with E-state index >= 15 is 0 Å². The molecule has 3 heteroatoms. The summed E-state index contributed by atoms with van der Waals surface area (Å²) in [5.41, 5.74) is 2.26. The number of sulfone groups is 1. The molecule has 0 amide bonds. The van der Waals surface area contributed by atoms with Crippen molar-refractivity contribution in [3.05, 3.63) is 59.1 Å². The van der Waals surface area contributed by atoms with E-state index in [1.165, 1.54) is 6.26 Å². The van der Waals surface area contributed by atoms with Crippen molar-refractivity contribution in [2.24, 2.45) is 0 Å². The van der Waals surface area contributed by atoms with Gasteiger partial charge < -0.3 is 0 Å². The van der Waals surface area contributed by atoms with Crippen LogP contribution in [-0.4, -0.2) is 14.7 Å². The molecular weight excluding hydrogens is 256 g/mol. The van der Waals surface area contributed by atoms with Crippen LogP contribution in [-0.2, 0) is 9.84 Å². The van der Waals surface area contributed by atoms with Crippen LogP contribution in [0.5, 0.6) is 0 Å². The van der Waals surface area contributed by atoms with Crippen LogP contribution < -0.4 is 0 Å². The first-order valence-electron chi connectivity index (χ1n) is 6.24. The first-order chi connectivity index (χ1) is 8.70. The van der Waals surface area contributed by atoms with Crippen molar-refractivity contribution in [3.8, 4) is 0 Å². The maximum atomic E-state index is 11.8. The third-order valence-electron chi connectivity index (χ3n) is 1.94. The van der Waals surface area contributed by atoms with Crippen LogP contribution in [0.3, 0.4) is 0 Å². The van der Waals surface area contributed by atoms with Crippen LogP contribution in [0.4, 0.5) is 0 Å². The molecule has 0 aliphatic rings. The van der Waals surface area contributed by atoms with Crippen molar-refractivity contribution >= 4 is 9.84 Å². The van der Waals surface area contributed by atoms with Crippen LogP contribution in [0.15, 0.2) is 59.1 Å². The van der Waals surface area contributed by atoms with Crippen LogP contribution in [0.2, 0.25) is 0 Å². The zero-order valence-corrected chi connectivity index (χ0v) is 13.8. The molecular formula is C16H26O2S.